The molecule has 1 saturated carbocycles. The van der Waals surface area contributed by atoms with Crippen LogP contribution in [0.5, 0.6) is 0 Å². The molecule has 5 nitrogen and oxygen atoms in total. The van der Waals surface area contributed by atoms with Crippen LogP contribution in [0.4, 0.5) is 5.69 Å². The summed E-state index contributed by atoms with van der Waals surface area (Å²) in [5.74, 6) is 0.542. The van der Waals surface area contributed by atoms with Crippen LogP contribution in [0.2, 0.25) is 0 Å². The Morgan fingerprint density at radius 3 is 2.45 bits per heavy atom. The van der Waals surface area contributed by atoms with Gasteiger partial charge in [-0.3, -0.25) is 9.78 Å². The molecule has 0 radical (unpaired) electrons. The fraction of sp³-hybridized carbons (Fsp3) is 0.455. The van der Waals surface area contributed by atoms with Crippen LogP contribution in [0.25, 0.3) is 0 Å². The monoisotopic (exact) mass is 438 g/mol. The maximum atomic E-state index is 12.8. The first-order chi connectivity index (χ1) is 13.3. The van der Waals surface area contributed by atoms with E-state index in [1.54, 1.807) is 6.20 Å². The number of aromatic nitrogens is 1. The van der Waals surface area contributed by atoms with E-state index in [-0.39, 0.29) is 36.8 Å². The Hall–Kier alpha value is -1.82. The van der Waals surface area contributed by atoms with Crippen molar-refractivity contribution in [2.45, 2.75) is 44.7 Å². The van der Waals surface area contributed by atoms with Crippen molar-refractivity contribution < 1.29 is 4.79 Å². The van der Waals surface area contributed by atoms with Gasteiger partial charge in [-0.05, 0) is 42.5 Å². The third-order valence-electron chi connectivity index (χ3n) is 5.37. The Morgan fingerprint density at radius 1 is 1.10 bits per heavy atom. The van der Waals surface area contributed by atoms with E-state index in [0.29, 0.717) is 25.6 Å². The third-order valence-corrected chi connectivity index (χ3v) is 5.37. The first-order valence-electron chi connectivity index (χ1n) is 9.94. The average Bonchev–Trinajstić information content (AvgIpc) is 2.73. The molecular formula is C22H32Cl2N4O. The van der Waals surface area contributed by atoms with E-state index < -0.39 is 0 Å². The van der Waals surface area contributed by atoms with E-state index in [2.05, 4.69) is 15.2 Å². The molecule has 1 atom stereocenters. The highest BCUT2D eigenvalue weighted by Gasteiger charge is 2.24. The van der Waals surface area contributed by atoms with E-state index in [1.807, 2.05) is 48.7 Å². The van der Waals surface area contributed by atoms with Gasteiger partial charge in [-0.25, -0.2) is 0 Å². The summed E-state index contributed by atoms with van der Waals surface area (Å²) >= 11 is 0. The first-order valence-corrected chi connectivity index (χ1v) is 9.94. The largest absolute Gasteiger partial charge is 0.358 e. The molecule has 1 fully saturated rings. The van der Waals surface area contributed by atoms with Crippen molar-refractivity contribution in [2.24, 2.45) is 11.7 Å². The van der Waals surface area contributed by atoms with Crippen LogP contribution in [-0.2, 0) is 11.3 Å². The van der Waals surface area contributed by atoms with E-state index >= 15 is 0 Å². The summed E-state index contributed by atoms with van der Waals surface area (Å²) in [4.78, 5) is 19.1. The van der Waals surface area contributed by atoms with Crippen LogP contribution in [0.3, 0.4) is 0 Å². The Morgan fingerprint density at radius 2 is 1.83 bits per heavy atom. The predicted octanol–water partition coefficient (Wildman–Crippen LogP) is 3.96. The number of benzene rings is 1. The highest BCUT2D eigenvalue weighted by atomic mass is 35.5. The van der Waals surface area contributed by atoms with Gasteiger partial charge in [0.25, 0.3) is 0 Å². The molecule has 0 bridgehead atoms. The fourth-order valence-corrected chi connectivity index (χ4v) is 3.92. The van der Waals surface area contributed by atoms with E-state index in [1.165, 1.54) is 32.1 Å². The van der Waals surface area contributed by atoms with Gasteiger partial charge in [-0.2, -0.15) is 0 Å². The number of hydrogen-bond acceptors (Lipinski definition) is 4. The van der Waals surface area contributed by atoms with Crippen LogP contribution < -0.4 is 16.0 Å². The lowest BCUT2D eigenvalue weighted by molar-refractivity contribution is -0.120. The number of nitrogens with one attached hydrogen (secondary N) is 1. The Bertz CT molecular complexity index is 696. The number of halogens is 2. The molecule has 160 valence electrons. The molecule has 3 N–H and O–H groups in total. The molecule has 7 heteroatoms. The Kier molecular flexibility index (Phi) is 11.7. The molecular weight excluding hydrogens is 407 g/mol. The molecule has 0 aliphatic heterocycles. The third kappa shape index (κ3) is 7.84. The second-order valence-electron chi connectivity index (χ2n) is 7.36. The van der Waals surface area contributed by atoms with E-state index in [4.69, 9.17) is 5.73 Å². The lowest BCUT2D eigenvalue weighted by Gasteiger charge is -2.31. The summed E-state index contributed by atoms with van der Waals surface area (Å²) < 4.78 is 0. The zero-order valence-electron chi connectivity index (χ0n) is 16.7. The van der Waals surface area contributed by atoms with Gasteiger partial charge in [0.2, 0.25) is 5.91 Å². The standard InChI is InChI=1S/C22H30N4O.2ClH/c23-14-21(19-9-3-1-4-10-19)25-22(27)17-26(20-11-5-2-6-12-20)16-18-8-7-13-24-15-18;;/h2,5-8,11-13,15,19,21H,1,3-4,9-10,14,16-17,23H2,(H,25,27);2*1H. The second-order valence-corrected chi connectivity index (χ2v) is 7.36. The van der Waals surface area contributed by atoms with Gasteiger partial charge < -0.3 is 16.0 Å². The molecule has 2 aromatic rings. The highest BCUT2D eigenvalue weighted by molar-refractivity contribution is 5.85. The number of carbonyl (C=O) groups excluding carboxylic acids is 1. The molecule has 1 unspecified atom stereocenters. The molecule has 1 amide bonds. The summed E-state index contributed by atoms with van der Waals surface area (Å²) in [6.07, 6.45) is 9.73. The van der Waals surface area contributed by atoms with Gasteiger partial charge in [-0.1, -0.05) is 43.5 Å². The van der Waals surface area contributed by atoms with Gasteiger partial charge in [0, 0.05) is 37.2 Å². The molecule has 0 saturated heterocycles. The predicted molar refractivity (Wildman–Crippen MR) is 124 cm³/mol. The van der Waals surface area contributed by atoms with Crippen molar-refractivity contribution in [3.8, 4) is 0 Å². The summed E-state index contributed by atoms with van der Waals surface area (Å²) in [7, 11) is 0. The lowest BCUT2D eigenvalue weighted by Crippen LogP contribution is -2.49. The molecule has 3 rings (SSSR count). The number of nitrogens with zero attached hydrogens (tertiary/aromatic N) is 2. The van der Waals surface area contributed by atoms with Crippen LogP contribution >= 0.6 is 24.8 Å². The minimum absolute atomic E-state index is 0. The summed E-state index contributed by atoms with van der Waals surface area (Å²) in [6.45, 7) is 1.45. The van der Waals surface area contributed by atoms with Crippen LogP contribution in [0.1, 0.15) is 37.7 Å². The van der Waals surface area contributed by atoms with Crippen molar-refractivity contribution in [1.82, 2.24) is 10.3 Å². The second kappa shape index (κ2) is 13.4. The normalized spacial score (nSPS) is 14.8. The average molecular weight is 439 g/mol. The molecule has 1 aromatic carbocycles. The number of nitrogens with two attached hydrogens (primary N) is 1. The maximum Gasteiger partial charge on any atom is 0.239 e. The van der Waals surface area contributed by atoms with E-state index in [9.17, 15) is 4.79 Å². The number of carbonyl (C=O) groups is 1. The van der Waals surface area contributed by atoms with Crippen molar-refractivity contribution >= 4 is 36.4 Å². The molecule has 1 heterocycles. The fourth-order valence-electron chi connectivity index (χ4n) is 3.92. The number of anilines is 1. The van der Waals surface area contributed by atoms with Crippen LogP contribution in [-0.4, -0.2) is 30.0 Å². The number of hydrogen-bond donors (Lipinski definition) is 2. The van der Waals surface area contributed by atoms with Gasteiger partial charge in [-0.15, -0.1) is 24.8 Å². The number of rotatable bonds is 8. The van der Waals surface area contributed by atoms with Crippen molar-refractivity contribution in [2.75, 3.05) is 18.0 Å². The minimum atomic E-state index is 0. The van der Waals surface area contributed by atoms with E-state index in [0.717, 1.165) is 11.3 Å². The number of pyridine rings is 1. The van der Waals surface area contributed by atoms with Crippen molar-refractivity contribution in [1.29, 1.82) is 0 Å². The lowest BCUT2D eigenvalue weighted by atomic mass is 9.84. The molecule has 1 aromatic heterocycles. The molecule has 29 heavy (non-hydrogen) atoms. The maximum absolute atomic E-state index is 12.8. The Balaban J connectivity index is 0.00000210. The number of amides is 1. The topological polar surface area (TPSA) is 71.2 Å². The minimum Gasteiger partial charge on any atom is -0.358 e. The molecule has 1 aliphatic carbocycles. The highest BCUT2D eigenvalue weighted by Crippen LogP contribution is 2.26. The SMILES string of the molecule is Cl.Cl.NCC(NC(=O)CN(Cc1cccnc1)c1ccccc1)C1CCCCC1. The zero-order valence-corrected chi connectivity index (χ0v) is 18.3. The van der Waals surface area contributed by atoms with Gasteiger partial charge in [0.1, 0.15) is 0 Å². The van der Waals surface area contributed by atoms with Crippen molar-refractivity contribution in [3.63, 3.8) is 0 Å². The van der Waals surface area contributed by atoms with Crippen LogP contribution in [0, 0.1) is 5.92 Å². The molecule has 0 spiro atoms. The first kappa shape index (κ1) is 25.2. The summed E-state index contributed by atoms with van der Waals surface area (Å²) in [6, 6.07) is 14.1. The van der Waals surface area contributed by atoms with Gasteiger partial charge >= 0.3 is 0 Å². The smallest absolute Gasteiger partial charge is 0.239 e. The van der Waals surface area contributed by atoms with Crippen LogP contribution in [0.15, 0.2) is 54.9 Å². The number of para-hydroxylation sites is 1. The van der Waals surface area contributed by atoms with Gasteiger partial charge in [0.05, 0.1) is 6.54 Å². The summed E-state index contributed by atoms with van der Waals surface area (Å²) in [5, 5.41) is 3.20. The van der Waals surface area contributed by atoms with Gasteiger partial charge in [0.15, 0.2) is 0 Å². The quantitative estimate of drug-likeness (QED) is 0.653. The molecule has 1 aliphatic rings. The summed E-state index contributed by atoms with van der Waals surface area (Å²) in [5.41, 5.74) is 8.09. The zero-order chi connectivity index (χ0) is 18.9. The Labute approximate surface area is 186 Å². The van der Waals surface area contributed by atoms with Crippen molar-refractivity contribution in [3.05, 3.63) is 60.4 Å².